The Hall–Kier alpha value is -0.600. The van der Waals surface area contributed by atoms with Gasteiger partial charge in [0.2, 0.25) is 0 Å². The molecule has 1 aliphatic rings. The summed E-state index contributed by atoms with van der Waals surface area (Å²) in [5.41, 5.74) is 1.59. The fourth-order valence-electron chi connectivity index (χ4n) is 1.95. The highest BCUT2D eigenvalue weighted by atomic mass is 35.5. The van der Waals surface area contributed by atoms with Gasteiger partial charge in [0.25, 0.3) is 0 Å². The quantitative estimate of drug-likeness (QED) is 0.834. The van der Waals surface area contributed by atoms with E-state index in [1.54, 1.807) is 12.1 Å². The van der Waals surface area contributed by atoms with Crippen LogP contribution in [0, 0.1) is 11.2 Å². The highest BCUT2D eigenvalue weighted by Crippen LogP contribution is 2.47. The minimum atomic E-state index is -0.147. The van der Waals surface area contributed by atoms with Crippen molar-refractivity contribution in [3.05, 3.63) is 35.6 Å². The molecule has 1 nitrogen and oxygen atoms in total. The van der Waals surface area contributed by atoms with Gasteiger partial charge < -0.3 is 5.32 Å². The summed E-state index contributed by atoms with van der Waals surface area (Å²) in [7, 11) is 0. The third-order valence-electron chi connectivity index (χ3n) is 3.43. The SMILES string of the molecule is CCC1(CNCc2cccc(F)c2)CC1.Cl. The highest BCUT2D eigenvalue weighted by Gasteiger charge is 2.39. The summed E-state index contributed by atoms with van der Waals surface area (Å²) in [6, 6.07) is 6.80. The standard InChI is InChI=1S/C13H18FN.ClH/c1-2-13(6-7-13)10-15-9-11-4-3-5-12(14)8-11;/h3-5,8,15H,2,6-7,9-10H2,1H3;1H. The molecule has 3 heteroatoms. The Morgan fingerprint density at radius 1 is 1.38 bits per heavy atom. The van der Waals surface area contributed by atoms with Gasteiger partial charge in [-0.15, -0.1) is 12.4 Å². The summed E-state index contributed by atoms with van der Waals surface area (Å²) in [5.74, 6) is -0.147. The summed E-state index contributed by atoms with van der Waals surface area (Å²) in [6.45, 7) is 4.09. The Labute approximate surface area is 103 Å². The zero-order valence-corrected chi connectivity index (χ0v) is 10.4. The third-order valence-corrected chi connectivity index (χ3v) is 3.43. The number of hydrogen-bond donors (Lipinski definition) is 1. The number of nitrogens with one attached hydrogen (secondary N) is 1. The molecule has 16 heavy (non-hydrogen) atoms. The lowest BCUT2D eigenvalue weighted by atomic mass is 10.0. The zero-order valence-electron chi connectivity index (χ0n) is 9.63. The van der Waals surface area contributed by atoms with Crippen LogP contribution in [0.4, 0.5) is 4.39 Å². The van der Waals surface area contributed by atoms with Crippen LogP contribution >= 0.6 is 12.4 Å². The van der Waals surface area contributed by atoms with E-state index in [2.05, 4.69) is 12.2 Å². The zero-order chi connectivity index (χ0) is 10.7. The second kappa shape index (κ2) is 5.65. The monoisotopic (exact) mass is 243 g/mol. The smallest absolute Gasteiger partial charge is 0.123 e. The number of halogens is 2. The second-order valence-electron chi connectivity index (χ2n) is 4.59. The molecule has 1 aliphatic carbocycles. The summed E-state index contributed by atoms with van der Waals surface area (Å²) in [5, 5.41) is 3.42. The van der Waals surface area contributed by atoms with Gasteiger partial charge in [0.15, 0.2) is 0 Å². The number of rotatable bonds is 5. The minimum Gasteiger partial charge on any atom is -0.312 e. The van der Waals surface area contributed by atoms with Gasteiger partial charge in [-0.25, -0.2) is 4.39 Å². The lowest BCUT2D eigenvalue weighted by Crippen LogP contribution is -2.23. The molecule has 0 aliphatic heterocycles. The van der Waals surface area contributed by atoms with Crippen LogP contribution in [-0.2, 0) is 6.54 Å². The molecule has 0 amide bonds. The van der Waals surface area contributed by atoms with Crippen molar-refractivity contribution in [3.63, 3.8) is 0 Å². The minimum absolute atomic E-state index is 0. The maximum absolute atomic E-state index is 12.9. The average Bonchev–Trinajstić information content (AvgIpc) is 2.99. The van der Waals surface area contributed by atoms with Crippen molar-refractivity contribution in [1.29, 1.82) is 0 Å². The molecule has 1 N–H and O–H groups in total. The Morgan fingerprint density at radius 3 is 2.69 bits per heavy atom. The van der Waals surface area contributed by atoms with Crippen LogP contribution in [0.15, 0.2) is 24.3 Å². The predicted molar refractivity (Wildman–Crippen MR) is 67.3 cm³/mol. The topological polar surface area (TPSA) is 12.0 Å². The Morgan fingerprint density at radius 2 is 2.12 bits per heavy atom. The summed E-state index contributed by atoms with van der Waals surface area (Å²) >= 11 is 0. The van der Waals surface area contributed by atoms with Crippen LogP contribution in [0.1, 0.15) is 31.7 Å². The van der Waals surface area contributed by atoms with Crippen LogP contribution in [0.5, 0.6) is 0 Å². The van der Waals surface area contributed by atoms with Gasteiger partial charge in [-0.05, 0) is 42.4 Å². The molecule has 0 spiro atoms. The lowest BCUT2D eigenvalue weighted by Gasteiger charge is -2.13. The van der Waals surface area contributed by atoms with Crippen LogP contribution in [0.25, 0.3) is 0 Å². The Balaban J connectivity index is 0.00000128. The van der Waals surface area contributed by atoms with E-state index in [1.165, 1.54) is 25.3 Å². The van der Waals surface area contributed by atoms with E-state index in [0.29, 0.717) is 5.41 Å². The van der Waals surface area contributed by atoms with Gasteiger partial charge >= 0.3 is 0 Å². The van der Waals surface area contributed by atoms with Crippen molar-refractivity contribution in [2.45, 2.75) is 32.7 Å². The first-order valence-corrected chi connectivity index (χ1v) is 5.69. The normalized spacial score (nSPS) is 16.6. The van der Waals surface area contributed by atoms with Crippen LogP contribution in [0.2, 0.25) is 0 Å². The molecule has 90 valence electrons. The molecular weight excluding hydrogens is 225 g/mol. The van der Waals surface area contributed by atoms with E-state index in [1.807, 2.05) is 6.07 Å². The second-order valence-corrected chi connectivity index (χ2v) is 4.59. The highest BCUT2D eigenvalue weighted by molar-refractivity contribution is 5.85. The van der Waals surface area contributed by atoms with Gasteiger partial charge in [-0.3, -0.25) is 0 Å². The summed E-state index contributed by atoms with van der Waals surface area (Å²) in [4.78, 5) is 0. The van der Waals surface area contributed by atoms with E-state index in [9.17, 15) is 4.39 Å². The molecule has 0 heterocycles. The molecule has 1 aromatic rings. The van der Waals surface area contributed by atoms with Gasteiger partial charge in [0, 0.05) is 13.1 Å². The van der Waals surface area contributed by atoms with E-state index in [4.69, 9.17) is 0 Å². The number of hydrogen-bond acceptors (Lipinski definition) is 1. The molecular formula is C13H19ClFN. The van der Waals surface area contributed by atoms with Gasteiger partial charge in [0.05, 0.1) is 0 Å². The molecule has 0 bridgehead atoms. The first-order valence-electron chi connectivity index (χ1n) is 5.69. The number of benzene rings is 1. The molecule has 0 saturated heterocycles. The lowest BCUT2D eigenvalue weighted by molar-refractivity contribution is 0.443. The van der Waals surface area contributed by atoms with Crippen molar-refractivity contribution in [2.75, 3.05) is 6.54 Å². The first-order chi connectivity index (χ1) is 7.24. The van der Waals surface area contributed by atoms with Crippen LogP contribution in [-0.4, -0.2) is 6.54 Å². The predicted octanol–water partition coefficient (Wildman–Crippen LogP) is 3.53. The maximum Gasteiger partial charge on any atom is 0.123 e. The van der Waals surface area contributed by atoms with Crippen molar-refractivity contribution in [1.82, 2.24) is 5.32 Å². The van der Waals surface area contributed by atoms with Crippen LogP contribution in [0.3, 0.4) is 0 Å². The Kier molecular flexibility index (Phi) is 4.75. The summed E-state index contributed by atoms with van der Waals surface area (Å²) in [6.07, 6.45) is 3.95. The van der Waals surface area contributed by atoms with E-state index < -0.39 is 0 Å². The molecule has 0 radical (unpaired) electrons. The first kappa shape index (κ1) is 13.5. The van der Waals surface area contributed by atoms with Gasteiger partial charge in [0.1, 0.15) is 5.82 Å². The van der Waals surface area contributed by atoms with Crippen molar-refractivity contribution in [3.8, 4) is 0 Å². The Bertz CT molecular complexity index is 336. The molecule has 1 fully saturated rings. The van der Waals surface area contributed by atoms with E-state index in [-0.39, 0.29) is 18.2 Å². The molecule has 2 rings (SSSR count). The van der Waals surface area contributed by atoms with Gasteiger partial charge in [-0.2, -0.15) is 0 Å². The fraction of sp³-hybridized carbons (Fsp3) is 0.538. The van der Waals surface area contributed by atoms with Crippen molar-refractivity contribution in [2.24, 2.45) is 5.41 Å². The summed E-state index contributed by atoms with van der Waals surface area (Å²) < 4.78 is 12.9. The van der Waals surface area contributed by atoms with Crippen molar-refractivity contribution < 1.29 is 4.39 Å². The molecule has 0 aromatic heterocycles. The molecule has 0 unspecified atom stereocenters. The molecule has 0 atom stereocenters. The van der Waals surface area contributed by atoms with E-state index >= 15 is 0 Å². The van der Waals surface area contributed by atoms with Gasteiger partial charge in [-0.1, -0.05) is 19.1 Å². The fourth-order valence-corrected chi connectivity index (χ4v) is 1.95. The van der Waals surface area contributed by atoms with Crippen LogP contribution < -0.4 is 5.32 Å². The average molecular weight is 244 g/mol. The van der Waals surface area contributed by atoms with E-state index in [0.717, 1.165) is 18.7 Å². The molecule has 1 saturated carbocycles. The molecule has 1 aromatic carbocycles. The largest absolute Gasteiger partial charge is 0.312 e. The third kappa shape index (κ3) is 3.46. The maximum atomic E-state index is 12.9. The van der Waals surface area contributed by atoms with Crippen molar-refractivity contribution >= 4 is 12.4 Å².